The Kier molecular flexibility index (Phi) is 7.24. The van der Waals surface area contributed by atoms with Gasteiger partial charge in [-0.2, -0.15) is 0 Å². The Bertz CT molecular complexity index is 529. The third-order valence-electron chi connectivity index (χ3n) is 3.19. The number of sulfone groups is 1. The molecule has 8 heteroatoms. The normalized spacial score (nSPS) is 21.4. The van der Waals surface area contributed by atoms with Crippen LogP contribution in [0.1, 0.15) is 17.7 Å². The number of rotatable bonds is 5. The zero-order valence-electron chi connectivity index (χ0n) is 11.1. The Morgan fingerprint density at radius 2 is 2.35 bits per heavy atom. The molecule has 0 bridgehead atoms. The number of nitrogens with zero attached hydrogens (tertiary/aromatic N) is 1. The molecule has 20 heavy (non-hydrogen) atoms. The summed E-state index contributed by atoms with van der Waals surface area (Å²) in [6.45, 7) is 0.993. The zero-order valence-corrected chi connectivity index (χ0v) is 15.1. The molecule has 2 rings (SSSR count). The molecule has 0 amide bonds. The van der Waals surface area contributed by atoms with Crippen LogP contribution in [0.2, 0.25) is 0 Å². The standard InChI is InChI=1S/C12H19N3O2S2.HI/c13-12(14-6-5-10-3-1-7-18-10)15-9-11-4-2-8-19(11,16)17;/h1,3,7,11H,2,4-6,8-9H2,(H3,13,14,15);1H. The van der Waals surface area contributed by atoms with E-state index in [1.54, 1.807) is 11.3 Å². The Morgan fingerprint density at radius 3 is 2.95 bits per heavy atom. The fourth-order valence-electron chi connectivity index (χ4n) is 2.09. The van der Waals surface area contributed by atoms with Crippen molar-refractivity contribution in [1.29, 1.82) is 0 Å². The van der Waals surface area contributed by atoms with E-state index in [1.807, 2.05) is 11.4 Å². The summed E-state index contributed by atoms with van der Waals surface area (Å²) < 4.78 is 23.2. The number of thiophene rings is 1. The molecule has 1 fully saturated rings. The van der Waals surface area contributed by atoms with E-state index in [0.717, 1.165) is 12.8 Å². The van der Waals surface area contributed by atoms with Crippen molar-refractivity contribution in [2.45, 2.75) is 24.5 Å². The van der Waals surface area contributed by atoms with E-state index in [-0.39, 0.29) is 35.8 Å². The van der Waals surface area contributed by atoms with Gasteiger partial charge in [-0.1, -0.05) is 6.07 Å². The summed E-state index contributed by atoms with van der Waals surface area (Å²) in [5.41, 5.74) is 5.73. The van der Waals surface area contributed by atoms with Gasteiger partial charge in [0.1, 0.15) is 0 Å². The van der Waals surface area contributed by atoms with E-state index < -0.39 is 9.84 Å². The topological polar surface area (TPSA) is 84.5 Å². The van der Waals surface area contributed by atoms with Gasteiger partial charge >= 0.3 is 0 Å². The minimum Gasteiger partial charge on any atom is -0.370 e. The van der Waals surface area contributed by atoms with Gasteiger partial charge in [-0.05, 0) is 30.7 Å². The van der Waals surface area contributed by atoms with Crippen molar-refractivity contribution in [3.63, 3.8) is 0 Å². The van der Waals surface area contributed by atoms with Gasteiger partial charge in [-0.25, -0.2) is 8.42 Å². The van der Waals surface area contributed by atoms with E-state index in [9.17, 15) is 8.42 Å². The molecule has 0 saturated carbocycles. The summed E-state index contributed by atoms with van der Waals surface area (Å²) in [7, 11) is -2.93. The lowest BCUT2D eigenvalue weighted by Crippen LogP contribution is -2.34. The summed E-state index contributed by atoms with van der Waals surface area (Å²) in [5.74, 6) is 0.623. The van der Waals surface area contributed by atoms with Crippen molar-refractivity contribution in [2.75, 3.05) is 18.8 Å². The largest absolute Gasteiger partial charge is 0.370 e. The quantitative estimate of drug-likeness (QED) is 0.421. The predicted molar refractivity (Wildman–Crippen MR) is 94.7 cm³/mol. The van der Waals surface area contributed by atoms with E-state index in [0.29, 0.717) is 24.7 Å². The third-order valence-corrected chi connectivity index (χ3v) is 6.38. The molecular formula is C12H20IN3O2S2. The lowest BCUT2D eigenvalue weighted by atomic mass is 10.2. The molecule has 1 atom stereocenters. The minimum absolute atomic E-state index is 0. The van der Waals surface area contributed by atoms with Crippen LogP contribution in [0.4, 0.5) is 0 Å². The Labute approximate surface area is 141 Å². The molecule has 1 aromatic rings. The Hall–Kier alpha value is -0.350. The number of halogens is 1. The molecule has 114 valence electrons. The van der Waals surface area contributed by atoms with Gasteiger partial charge in [0.2, 0.25) is 0 Å². The van der Waals surface area contributed by atoms with Crippen LogP contribution in [-0.2, 0) is 16.3 Å². The fourth-order valence-corrected chi connectivity index (χ4v) is 4.53. The van der Waals surface area contributed by atoms with Gasteiger partial charge in [0.05, 0.1) is 17.5 Å². The Morgan fingerprint density at radius 1 is 1.55 bits per heavy atom. The highest BCUT2D eigenvalue weighted by atomic mass is 127. The monoisotopic (exact) mass is 429 g/mol. The van der Waals surface area contributed by atoms with Crippen LogP contribution in [0.5, 0.6) is 0 Å². The summed E-state index contributed by atoms with van der Waals surface area (Å²) in [6.07, 6.45) is 2.35. The lowest BCUT2D eigenvalue weighted by Gasteiger charge is -2.08. The van der Waals surface area contributed by atoms with Gasteiger partial charge in [-0.15, -0.1) is 35.3 Å². The maximum absolute atomic E-state index is 11.6. The van der Waals surface area contributed by atoms with E-state index in [4.69, 9.17) is 5.73 Å². The highest BCUT2D eigenvalue weighted by Crippen LogP contribution is 2.19. The van der Waals surface area contributed by atoms with Crippen LogP contribution >= 0.6 is 35.3 Å². The average Bonchev–Trinajstić information content (AvgIpc) is 2.96. The first-order valence-electron chi connectivity index (χ1n) is 6.35. The third kappa shape index (κ3) is 5.21. The van der Waals surface area contributed by atoms with Crippen molar-refractivity contribution in [1.82, 2.24) is 5.32 Å². The van der Waals surface area contributed by atoms with Crippen molar-refractivity contribution >= 4 is 51.1 Å². The van der Waals surface area contributed by atoms with Crippen LogP contribution < -0.4 is 11.1 Å². The van der Waals surface area contributed by atoms with Gasteiger partial charge in [0, 0.05) is 11.4 Å². The number of hydrogen-bond donors (Lipinski definition) is 2. The minimum atomic E-state index is -2.93. The van der Waals surface area contributed by atoms with Crippen LogP contribution in [0, 0.1) is 0 Å². The second-order valence-corrected chi connectivity index (χ2v) is 8.05. The molecule has 3 N–H and O–H groups in total. The molecule has 0 aromatic carbocycles. The molecule has 0 spiro atoms. The molecule has 1 aromatic heterocycles. The van der Waals surface area contributed by atoms with Crippen molar-refractivity contribution in [2.24, 2.45) is 10.7 Å². The number of hydrogen-bond acceptors (Lipinski definition) is 4. The fraction of sp³-hybridized carbons (Fsp3) is 0.583. The number of aliphatic imine (C=N–C) groups is 1. The zero-order chi connectivity index (χ0) is 13.7. The molecule has 0 aliphatic carbocycles. The van der Waals surface area contributed by atoms with E-state index in [2.05, 4.69) is 16.4 Å². The highest BCUT2D eigenvalue weighted by Gasteiger charge is 2.30. The number of guanidine groups is 1. The van der Waals surface area contributed by atoms with E-state index >= 15 is 0 Å². The molecule has 5 nitrogen and oxygen atoms in total. The molecule has 1 saturated heterocycles. The number of nitrogens with two attached hydrogens (primary N) is 1. The van der Waals surface area contributed by atoms with Crippen LogP contribution in [-0.4, -0.2) is 38.5 Å². The Balaban J connectivity index is 0.00000200. The summed E-state index contributed by atoms with van der Waals surface area (Å²) in [4.78, 5) is 5.42. The first-order chi connectivity index (χ1) is 9.08. The lowest BCUT2D eigenvalue weighted by molar-refractivity contribution is 0.590. The SMILES string of the molecule is I.NC(=NCC1CCCS1(=O)=O)NCCc1cccs1. The molecular weight excluding hydrogens is 409 g/mol. The summed E-state index contributed by atoms with van der Waals surface area (Å²) in [5, 5.41) is 4.71. The highest BCUT2D eigenvalue weighted by molar-refractivity contribution is 14.0. The van der Waals surface area contributed by atoms with Gasteiger partial charge in [0.15, 0.2) is 15.8 Å². The number of nitrogens with one attached hydrogen (secondary N) is 1. The predicted octanol–water partition coefficient (Wildman–Crippen LogP) is 1.39. The van der Waals surface area contributed by atoms with Gasteiger partial charge in [0.25, 0.3) is 0 Å². The van der Waals surface area contributed by atoms with Gasteiger partial charge in [-0.3, -0.25) is 4.99 Å². The molecule has 1 aliphatic rings. The first-order valence-corrected chi connectivity index (χ1v) is 8.95. The maximum Gasteiger partial charge on any atom is 0.188 e. The second kappa shape index (κ2) is 8.18. The molecule has 2 heterocycles. The average molecular weight is 429 g/mol. The molecule has 0 radical (unpaired) electrons. The molecule has 1 aliphatic heterocycles. The van der Waals surface area contributed by atoms with Crippen molar-refractivity contribution in [3.8, 4) is 0 Å². The second-order valence-electron chi connectivity index (χ2n) is 4.61. The maximum atomic E-state index is 11.6. The van der Waals surface area contributed by atoms with Crippen molar-refractivity contribution < 1.29 is 8.42 Å². The van der Waals surface area contributed by atoms with E-state index in [1.165, 1.54) is 4.88 Å². The van der Waals surface area contributed by atoms with Crippen LogP contribution in [0.25, 0.3) is 0 Å². The molecule has 1 unspecified atom stereocenters. The smallest absolute Gasteiger partial charge is 0.188 e. The van der Waals surface area contributed by atoms with Crippen LogP contribution in [0.3, 0.4) is 0 Å². The summed E-state index contributed by atoms with van der Waals surface area (Å²) in [6, 6.07) is 4.09. The summed E-state index contributed by atoms with van der Waals surface area (Å²) >= 11 is 1.71. The first kappa shape index (κ1) is 17.7. The van der Waals surface area contributed by atoms with Crippen molar-refractivity contribution in [3.05, 3.63) is 22.4 Å². The van der Waals surface area contributed by atoms with Crippen LogP contribution in [0.15, 0.2) is 22.5 Å². The van der Waals surface area contributed by atoms with Gasteiger partial charge < -0.3 is 11.1 Å².